The van der Waals surface area contributed by atoms with Gasteiger partial charge in [-0.25, -0.2) is 11.0 Å². The van der Waals surface area contributed by atoms with Gasteiger partial charge in [-0.05, 0) is 73.2 Å². The van der Waals surface area contributed by atoms with Crippen LogP contribution in [0.4, 0.5) is 26.3 Å². The van der Waals surface area contributed by atoms with Gasteiger partial charge in [0, 0.05) is 60.5 Å². The number of rotatable bonds is 6. The summed E-state index contributed by atoms with van der Waals surface area (Å²) in [7, 11) is 0. The monoisotopic (exact) mass is 928 g/mol. The number of hydrogen-bond acceptors (Lipinski definition) is 10. The summed E-state index contributed by atoms with van der Waals surface area (Å²) in [5.41, 5.74) is 2.67. The Morgan fingerprint density at radius 3 is 1.26 bits per heavy atom. The van der Waals surface area contributed by atoms with Gasteiger partial charge in [0.1, 0.15) is 24.7 Å². The second-order valence-corrected chi connectivity index (χ2v) is 16.1. The minimum absolute atomic E-state index is 0.0173. The van der Waals surface area contributed by atoms with E-state index in [1.165, 1.54) is 81.4 Å². The first-order valence-corrected chi connectivity index (χ1v) is 21.1. The summed E-state index contributed by atoms with van der Waals surface area (Å²) < 4.78 is 105. The van der Waals surface area contributed by atoms with Crippen molar-refractivity contribution in [3.8, 4) is 11.5 Å². The fourth-order valence-corrected chi connectivity index (χ4v) is 8.58. The van der Waals surface area contributed by atoms with E-state index in [9.17, 15) is 45.5 Å². The van der Waals surface area contributed by atoms with E-state index in [4.69, 9.17) is 29.4 Å². The van der Waals surface area contributed by atoms with Crippen LogP contribution in [0.15, 0.2) is 84.9 Å². The molecule has 4 aliphatic rings. The summed E-state index contributed by atoms with van der Waals surface area (Å²) in [6.07, 6.45) is -7.23. The average molecular weight is 929 g/mol. The summed E-state index contributed by atoms with van der Waals surface area (Å²) in [6, 6.07) is 17.2. The van der Waals surface area contributed by atoms with Crippen LogP contribution in [0.2, 0.25) is 0 Å². The van der Waals surface area contributed by atoms with Crippen LogP contribution in [-0.4, -0.2) is 83.5 Å². The van der Waals surface area contributed by atoms with Crippen molar-refractivity contribution in [1.82, 2.24) is 20.8 Å². The first-order valence-electron chi connectivity index (χ1n) is 21.1. The maximum Gasteiger partial charge on any atom is 0.416 e. The maximum absolute atomic E-state index is 13.8. The molecule has 4 aromatic carbocycles. The first-order chi connectivity index (χ1) is 31.6. The predicted octanol–water partition coefficient (Wildman–Crippen LogP) is 7.43. The Morgan fingerprint density at radius 1 is 0.545 bits per heavy atom. The lowest BCUT2D eigenvalue weighted by molar-refractivity contribution is -0.145. The number of alkyl halides is 6. The van der Waals surface area contributed by atoms with Gasteiger partial charge in [-0.15, -0.1) is 0 Å². The van der Waals surface area contributed by atoms with Gasteiger partial charge >= 0.3 is 12.4 Å². The first kappa shape index (κ1) is 47.7. The van der Waals surface area contributed by atoms with E-state index < -0.39 is 47.4 Å². The molecular weight excluding hydrogens is 883 g/mol. The van der Waals surface area contributed by atoms with Crippen molar-refractivity contribution < 1.29 is 74.9 Å². The number of hydroxylamine groups is 2. The van der Waals surface area contributed by atoms with Crippen LogP contribution in [0, 0.1) is 11.8 Å². The molecule has 2 saturated heterocycles. The van der Waals surface area contributed by atoms with Crippen LogP contribution < -0.4 is 20.4 Å². The lowest BCUT2D eigenvalue weighted by atomic mass is 9.94. The van der Waals surface area contributed by atoms with E-state index in [2.05, 4.69) is 0 Å². The molecule has 0 saturated carbocycles. The second-order valence-electron chi connectivity index (χ2n) is 16.1. The number of nitrogens with zero attached hydrogens (tertiary/aromatic N) is 2. The smallest absolute Gasteiger partial charge is 0.416 e. The van der Waals surface area contributed by atoms with Crippen LogP contribution in [0.5, 0.6) is 11.5 Å². The molecule has 4 amide bonds. The molecule has 4 heterocycles. The lowest BCUT2D eigenvalue weighted by Crippen LogP contribution is -2.42. The van der Waals surface area contributed by atoms with Gasteiger partial charge in [-0.3, -0.25) is 29.6 Å². The lowest BCUT2D eigenvalue weighted by Gasteiger charge is -2.35. The number of halogens is 6. The average Bonchev–Trinajstić information content (AvgIpc) is 3.65. The SMILES string of the molecule is O=C(NO)c1ccc2c(c1)OC[C@@H](c1ccccc1C(F)(F)F)N(C(=O)C1CCOCC1)C2.O=C(NO)c1ccc2c(c1)OC[C@H](c1ccccc1C(F)(F)F)N(C(=O)C1CCOCC1)C2. The Kier molecular flexibility index (Phi) is 14.8. The summed E-state index contributed by atoms with van der Waals surface area (Å²) in [5, 5.41) is 17.8. The molecule has 0 spiro atoms. The van der Waals surface area contributed by atoms with E-state index in [1.807, 2.05) is 0 Å². The minimum atomic E-state index is -4.60. The van der Waals surface area contributed by atoms with Crippen molar-refractivity contribution in [2.24, 2.45) is 11.8 Å². The van der Waals surface area contributed by atoms with Crippen LogP contribution in [0.3, 0.4) is 0 Å². The highest BCUT2D eigenvalue weighted by molar-refractivity contribution is 5.94. The highest BCUT2D eigenvalue weighted by Crippen LogP contribution is 2.42. The molecule has 66 heavy (non-hydrogen) atoms. The molecule has 4 N–H and O–H groups in total. The van der Waals surface area contributed by atoms with Gasteiger partial charge in [0.25, 0.3) is 11.8 Å². The number of carbonyl (C=O) groups excluding carboxylic acids is 4. The summed E-state index contributed by atoms with van der Waals surface area (Å²) >= 11 is 0. The van der Waals surface area contributed by atoms with Crippen LogP contribution in [0.25, 0.3) is 0 Å². The van der Waals surface area contributed by atoms with E-state index in [0.717, 1.165) is 12.1 Å². The molecule has 0 aromatic heterocycles. The van der Waals surface area contributed by atoms with Gasteiger partial charge < -0.3 is 28.7 Å². The number of nitrogens with one attached hydrogen (secondary N) is 2. The molecule has 2 fully saturated rings. The molecule has 0 unspecified atom stereocenters. The number of ether oxygens (including phenoxy) is 4. The van der Waals surface area contributed by atoms with Crippen molar-refractivity contribution in [2.45, 2.75) is 63.2 Å². The molecule has 4 aromatic rings. The maximum atomic E-state index is 13.8. The fraction of sp³-hybridized carbons (Fsp3) is 0.391. The van der Waals surface area contributed by atoms with E-state index in [0.29, 0.717) is 63.2 Å². The Balaban J connectivity index is 0.000000196. The quantitative estimate of drug-likeness (QED) is 0.0865. The van der Waals surface area contributed by atoms with Gasteiger partial charge in [0.2, 0.25) is 11.8 Å². The normalized spacial score (nSPS) is 19.3. The third-order valence-corrected chi connectivity index (χ3v) is 12.0. The predicted molar refractivity (Wildman–Crippen MR) is 219 cm³/mol. The zero-order chi connectivity index (χ0) is 47.2. The van der Waals surface area contributed by atoms with Gasteiger partial charge in [-0.1, -0.05) is 48.5 Å². The Bertz CT molecular complexity index is 2240. The van der Waals surface area contributed by atoms with Crippen molar-refractivity contribution in [2.75, 3.05) is 39.6 Å². The van der Waals surface area contributed by atoms with Crippen LogP contribution >= 0.6 is 0 Å². The Labute approximate surface area is 374 Å². The van der Waals surface area contributed by atoms with Gasteiger partial charge in [0.05, 0.1) is 36.3 Å². The van der Waals surface area contributed by atoms with Crippen molar-refractivity contribution >= 4 is 23.6 Å². The van der Waals surface area contributed by atoms with Gasteiger partial charge in [-0.2, -0.15) is 26.3 Å². The number of amides is 4. The number of benzene rings is 4. The highest BCUT2D eigenvalue weighted by Gasteiger charge is 2.42. The number of fused-ring (bicyclic) bond motifs is 2. The zero-order valence-electron chi connectivity index (χ0n) is 35.2. The minimum Gasteiger partial charge on any atom is -0.491 e. The highest BCUT2D eigenvalue weighted by atomic mass is 19.4. The molecule has 0 aliphatic carbocycles. The van der Waals surface area contributed by atoms with Crippen molar-refractivity contribution in [3.63, 3.8) is 0 Å². The summed E-state index contributed by atoms with van der Waals surface area (Å²) in [6.45, 7) is 1.26. The molecule has 20 heteroatoms. The standard InChI is InChI=1S/2C23H23F3N2O5/c2*24-23(25,26)18-4-2-1-3-17(18)19-13-33-20-11-15(21(29)27-31)5-6-16(20)12-28(19)22(30)14-7-9-32-10-8-14/h2*1-6,11,14,19,31H,7-10,12-13H2,(H,27,29)/t2*19-/m10/s1. The molecule has 14 nitrogen and oxygen atoms in total. The molecule has 0 radical (unpaired) electrons. The molecule has 4 aliphatic heterocycles. The van der Waals surface area contributed by atoms with E-state index >= 15 is 0 Å². The Hall–Kier alpha value is -6.22. The molecular formula is C46H46F6N4O10. The van der Waals surface area contributed by atoms with Gasteiger partial charge in [0.15, 0.2) is 0 Å². The molecule has 2 atom stereocenters. The van der Waals surface area contributed by atoms with E-state index in [1.54, 1.807) is 12.1 Å². The van der Waals surface area contributed by atoms with Crippen LogP contribution in [-0.2, 0) is 44.5 Å². The van der Waals surface area contributed by atoms with E-state index in [-0.39, 0.29) is 83.7 Å². The number of hydrogen-bond donors (Lipinski definition) is 4. The largest absolute Gasteiger partial charge is 0.491 e. The molecule has 352 valence electrons. The Morgan fingerprint density at radius 2 is 0.909 bits per heavy atom. The molecule has 8 rings (SSSR count). The van der Waals surface area contributed by atoms with Crippen LogP contribution in [0.1, 0.15) is 91.9 Å². The number of carbonyl (C=O) groups is 4. The summed E-state index contributed by atoms with van der Waals surface area (Å²) in [4.78, 5) is 53.5. The third-order valence-electron chi connectivity index (χ3n) is 12.0. The summed E-state index contributed by atoms with van der Waals surface area (Å²) in [5.74, 6) is -2.19. The second kappa shape index (κ2) is 20.5. The van der Waals surface area contributed by atoms with Crippen molar-refractivity contribution in [3.05, 3.63) is 129 Å². The topological polar surface area (TPSA) is 176 Å². The van der Waals surface area contributed by atoms with Crippen molar-refractivity contribution in [1.29, 1.82) is 0 Å². The zero-order valence-corrected chi connectivity index (χ0v) is 35.2. The third kappa shape index (κ3) is 10.7. The molecule has 0 bridgehead atoms. The fourth-order valence-electron chi connectivity index (χ4n) is 8.58.